The smallest absolute Gasteiger partial charge is 0.249 e. The van der Waals surface area contributed by atoms with Crippen LogP contribution in [0.5, 0.6) is 0 Å². The second-order valence-corrected chi connectivity index (χ2v) is 9.41. The summed E-state index contributed by atoms with van der Waals surface area (Å²) >= 11 is 5.19. The molecule has 2 aromatic rings. The number of nitrogens with one attached hydrogen (secondary N) is 2. The Labute approximate surface area is 180 Å². The second-order valence-electron chi connectivity index (χ2n) is 7.37. The van der Waals surface area contributed by atoms with E-state index >= 15 is 0 Å². The Kier molecular flexibility index (Phi) is 6.86. The van der Waals surface area contributed by atoms with Crippen molar-refractivity contribution in [1.82, 2.24) is 10.6 Å². The number of nitrogens with zero attached hydrogens (tertiary/aromatic N) is 2. The minimum atomic E-state index is -0.947. The van der Waals surface area contributed by atoms with Crippen LogP contribution in [0.25, 0.3) is 0 Å². The Bertz CT molecular complexity index is 738. The van der Waals surface area contributed by atoms with E-state index in [2.05, 4.69) is 80.6 Å². The van der Waals surface area contributed by atoms with Gasteiger partial charge in [0.2, 0.25) is 8.45 Å². The van der Waals surface area contributed by atoms with Crippen molar-refractivity contribution >= 4 is 37.2 Å². The highest BCUT2D eigenvalue weighted by molar-refractivity contribution is 7.80. The molecule has 0 spiro atoms. The van der Waals surface area contributed by atoms with Gasteiger partial charge in [0.05, 0.1) is 18.7 Å². The van der Waals surface area contributed by atoms with E-state index in [9.17, 15) is 0 Å². The molecule has 29 heavy (non-hydrogen) atoms. The summed E-state index contributed by atoms with van der Waals surface area (Å²) < 4.78 is 11.7. The van der Waals surface area contributed by atoms with Gasteiger partial charge in [-0.2, -0.15) is 0 Å². The molecule has 1 saturated heterocycles. The highest BCUT2D eigenvalue weighted by Crippen LogP contribution is 2.60. The van der Waals surface area contributed by atoms with Crippen LogP contribution in [0, 0.1) is 0 Å². The van der Waals surface area contributed by atoms with Crippen LogP contribution in [0.2, 0.25) is 0 Å². The van der Waals surface area contributed by atoms with Crippen LogP contribution in [0.1, 0.15) is 25.7 Å². The van der Waals surface area contributed by atoms with E-state index in [0.717, 1.165) is 0 Å². The largest absolute Gasteiger partial charge is 0.366 e. The lowest BCUT2D eigenvalue weighted by Gasteiger charge is -2.32. The Morgan fingerprint density at radius 3 is 1.97 bits per heavy atom. The summed E-state index contributed by atoms with van der Waals surface area (Å²) in [5.41, 5.74) is 2.51. The number of anilines is 2. The molecule has 1 aliphatic heterocycles. The highest BCUT2D eigenvalue weighted by atomic mass is 32.1. The minimum absolute atomic E-state index is 0.490. The normalized spacial score (nSPS) is 23.6. The standard InChI is InChI=1S/C22H29N4OPS/c1-23-22(29)24-16-17-27-28-25(18-10-4-2-5-11-18)20-14-8-9-15-21(20)26(28)19-12-6-3-7-13-19/h2-7,10-13,20-21H,8-9,14-17H2,1H3,(H2,23,24,29). The first-order valence-corrected chi connectivity index (χ1v) is 11.9. The molecule has 0 aromatic heterocycles. The lowest BCUT2D eigenvalue weighted by Crippen LogP contribution is -2.40. The molecular formula is C22H29N4OPS. The van der Waals surface area contributed by atoms with E-state index in [1.807, 2.05) is 7.05 Å². The first-order chi connectivity index (χ1) is 14.3. The van der Waals surface area contributed by atoms with E-state index in [1.54, 1.807) is 0 Å². The van der Waals surface area contributed by atoms with Crippen molar-refractivity contribution in [2.75, 3.05) is 29.5 Å². The fourth-order valence-electron chi connectivity index (χ4n) is 4.27. The van der Waals surface area contributed by atoms with Gasteiger partial charge < -0.3 is 24.5 Å². The lowest BCUT2D eigenvalue weighted by atomic mass is 9.90. The molecule has 2 fully saturated rings. The van der Waals surface area contributed by atoms with E-state index in [0.29, 0.717) is 30.3 Å². The molecule has 2 atom stereocenters. The van der Waals surface area contributed by atoms with Crippen LogP contribution in [-0.2, 0) is 4.52 Å². The summed E-state index contributed by atoms with van der Waals surface area (Å²) in [6.45, 7) is 1.30. The average Bonchev–Trinajstić information content (AvgIpc) is 3.11. The van der Waals surface area contributed by atoms with Gasteiger partial charge in [0.1, 0.15) is 0 Å². The molecule has 1 aliphatic carbocycles. The topological polar surface area (TPSA) is 39.8 Å². The van der Waals surface area contributed by atoms with Crippen molar-refractivity contribution in [3.63, 3.8) is 0 Å². The number of hydrogen-bond acceptors (Lipinski definition) is 4. The SMILES string of the molecule is CNC(=S)NCCOP1N(c2ccccc2)C2CCCCC2N1c1ccccc1. The molecule has 2 aliphatic rings. The average molecular weight is 429 g/mol. The van der Waals surface area contributed by atoms with Gasteiger partial charge in [-0.1, -0.05) is 49.2 Å². The molecule has 154 valence electrons. The van der Waals surface area contributed by atoms with Crippen LogP contribution in [0.4, 0.5) is 11.4 Å². The Morgan fingerprint density at radius 2 is 1.48 bits per heavy atom. The molecule has 1 heterocycles. The van der Waals surface area contributed by atoms with Crippen molar-refractivity contribution in [3.8, 4) is 0 Å². The van der Waals surface area contributed by atoms with Gasteiger partial charge in [-0.25, -0.2) is 0 Å². The number of para-hydroxylation sites is 2. The van der Waals surface area contributed by atoms with Crippen LogP contribution in [0.3, 0.4) is 0 Å². The maximum atomic E-state index is 6.59. The molecular weight excluding hydrogens is 399 g/mol. The second kappa shape index (κ2) is 9.75. The fourth-order valence-corrected chi connectivity index (χ4v) is 6.79. The zero-order chi connectivity index (χ0) is 20.1. The van der Waals surface area contributed by atoms with Gasteiger partial charge >= 0.3 is 0 Å². The summed E-state index contributed by atoms with van der Waals surface area (Å²) in [5, 5.41) is 6.80. The van der Waals surface area contributed by atoms with Gasteiger partial charge in [-0.05, 0) is 49.3 Å². The number of thiocarbonyl (C=S) groups is 1. The maximum Gasteiger partial charge on any atom is 0.249 e. The maximum absolute atomic E-state index is 6.59. The van der Waals surface area contributed by atoms with E-state index in [1.165, 1.54) is 37.1 Å². The van der Waals surface area contributed by atoms with E-state index in [4.69, 9.17) is 16.7 Å². The van der Waals surface area contributed by atoms with Crippen LogP contribution < -0.4 is 20.0 Å². The molecule has 7 heteroatoms. The predicted molar refractivity (Wildman–Crippen MR) is 126 cm³/mol. The van der Waals surface area contributed by atoms with Crippen LogP contribution in [0.15, 0.2) is 60.7 Å². The molecule has 0 bridgehead atoms. The van der Waals surface area contributed by atoms with Crippen molar-refractivity contribution in [3.05, 3.63) is 60.7 Å². The molecule has 2 N–H and O–H groups in total. The van der Waals surface area contributed by atoms with Crippen LogP contribution in [-0.4, -0.2) is 37.4 Å². The summed E-state index contributed by atoms with van der Waals surface area (Å²) in [5.74, 6) is 0. The van der Waals surface area contributed by atoms with Gasteiger partial charge in [0.25, 0.3) is 0 Å². The van der Waals surface area contributed by atoms with Crippen LogP contribution >= 0.6 is 20.7 Å². The third kappa shape index (κ3) is 4.50. The zero-order valence-corrected chi connectivity index (χ0v) is 18.5. The molecule has 5 nitrogen and oxygen atoms in total. The van der Waals surface area contributed by atoms with E-state index in [-0.39, 0.29) is 0 Å². The molecule has 2 unspecified atom stereocenters. The predicted octanol–water partition coefficient (Wildman–Crippen LogP) is 4.66. The Balaban J connectivity index is 1.63. The zero-order valence-electron chi connectivity index (χ0n) is 16.8. The number of rotatable bonds is 6. The van der Waals surface area contributed by atoms with Crippen molar-refractivity contribution < 1.29 is 4.52 Å². The quantitative estimate of drug-likeness (QED) is 0.396. The van der Waals surface area contributed by atoms with Gasteiger partial charge in [0.15, 0.2) is 5.11 Å². The first-order valence-electron chi connectivity index (χ1n) is 10.4. The summed E-state index contributed by atoms with van der Waals surface area (Å²) in [6, 6.07) is 22.5. The third-order valence-corrected chi connectivity index (χ3v) is 8.11. The van der Waals surface area contributed by atoms with Gasteiger partial charge in [-0.15, -0.1) is 0 Å². The molecule has 1 saturated carbocycles. The molecule has 4 rings (SSSR count). The third-order valence-electron chi connectivity index (χ3n) is 5.55. The van der Waals surface area contributed by atoms with Crippen molar-refractivity contribution in [2.24, 2.45) is 0 Å². The van der Waals surface area contributed by atoms with E-state index < -0.39 is 8.45 Å². The van der Waals surface area contributed by atoms with Crippen molar-refractivity contribution in [2.45, 2.75) is 37.8 Å². The summed E-state index contributed by atoms with van der Waals surface area (Å²) in [4.78, 5) is 0. The number of benzene rings is 2. The number of fused-ring (bicyclic) bond motifs is 1. The lowest BCUT2D eigenvalue weighted by molar-refractivity contribution is 0.355. The van der Waals surface area contributed by atoms with Crippen molar-refractivity contribution in [1.29, 1.82) is 0 Å². The number of hydrogen-bond donors (Lipinski definition) is 2. The monoisotopic (exact) mass is 428 g/mol. The highest BCUT2D eigenvalue weighted by Gasteiger charge is 2.49. The summed E-state index contributed by atoms with van der Waals surface area (Å²) in [7, 11) is 0.883. The first kappa shape index (κ1) is 20.4. The summed E-state index contributed by atoms with van der Waals surface area (Å²) in [6.07, 6.45) is 5.00. The van der Waals surface area contributed by atoms with Gasteiger partial charge in [-0.3, -0.25) is 0 Å². The van der Waals surface area contributed by atoms with Gasteiger partial charge in [0, 0.05) is 25.0 Å². The minimum Gasteiger partial charge on any atom is -0.366 e. The molecule has 0 amide bonds. The molecule has 2 aromatic carbocycles. The Morgan fingerprint density at radius 1 is 0.966 bits per heavy atom. The fraction of sp³-hybridized carbons (Fsp3) is 0.409. The molecule has 0 radical (unpaired) electrons. The Hall–Kier alpha value is -1.88.